The first-order chi connectivity index (χ1) is 20.7. The van der Waals surface area contributed by atoms with E-state index in [1.54, 1.807) is 6.20 Å². The van der Waals surface area contributed by atoms with Crippen molar-refractivity contribution >= 4 is 16.9 Å². The van der Waals surface area contributed by atoms with Crippen LogP contribution >= 0.6 is 0 Å². The molecular weight excluding hydrogens is 522 g/mol. The lowest BCUT2D eigenvalue weighted by molar-refractivity contribution is 0.0513. The summed E-state index contributed by atoms with van der Waals surface area (Å²) in [7, 11) is 0. The highest BCUT2D eigenvalue weighted by Crippen LogP contribution is 2.29. The van der Waals surface area contributed by atoms with Crippen molar-refractivity contribution in [1.29, 1.82) is 0 Å². The highest BCUT2D eigenvalue weighted by atomic mass is 16.5. The molecule has 1 saturated heterocycles. The van der Waals surface area contributed by atoms with E-state index in [-0.39, 0.29) is 12.0 Å². The predicted molar refractivity (Wildman–Crippen MR) is 167 cm³/mol. The maximum atomic E-state index is 12.9. The molecule has 0 amide bonds. The molecule has 0 unspecified atom stereocenters. The van der Waals surface area contributed by atoms with Crippen LogP contribution in [0.1, 0.15) is 46.6 Å². The van der Waals surface area contributed by atoms with Crippen LogP contribution in [0, 0.1) is 0 Å². The number of imidazole rings is 1. The van der Waals surface area contributed by atoms with Crippen molar-refractivity contribution in [2.24, 2.45) is 0 Å². The number of nitrogens with zero attached hydrogens (tertiary/aromatic N) is 5. The van der Waals surface area contributed by atoms with Gasteiger partial charge >= 0.3 is 5.97 Å². The molecule has 0 bridgehead atoms. The van der Waals surface area contributed by atoms with Crippen molar-refractivity contribution in [2.45, 2.75) is 32.5 Å². The summed E-state index contributed by atoms with van der Waals surface area (Å²) >= 11 is 0. The zero-order valence-corrected chi connectivity index (χ0v) is 24.3. The maximum Gasteiger partial charge on any atom is 0.354 e. The molecule has 0 N–H and O–H groups in total. The summed E-state index contributed by atoms with van der Waals surface area (Å²) in [4.78, 5) is 22.2. The van der Waals surface area contributed by atoms with Crippen LogP contribution in [0.25, 0.3) is 10.9 Å². The summed E-state index contributed by atoms with van der Waals surface area (Å²) < 4.78 is 9.62. The first kappa shape index (κ1) is 27.9. The van der Waals surface area contributed by atoms with Crippen LogP contribution in [0.15, 0.2) is 104 Å². The normalized spacial score (nSPS) is 14.5. The molecule has 42 heavy (non-hydrogen) atoms. The monoisotopic (exact) mass is 561 g/mol. The lowest BCUT2D eigenvalue weighted by atomic mass is 9.96. The van der Waals surface area contributed by atoms with Crippen molar-refractivity contribution < 1.29 is 9.53 Å². The van der Waals surface area contributed by atoms with E-state index >= 15 is 0 Å². The van der Waals surface area contributed by atoms with E-state index in [4.69, 9.17) is 4.74 Å². The summed E-state index contributed by atoms with van der Waals surface area (Å²) in [6.07, 6.45) is 6.54. The van der Waals surface area contributed by atoms with Crippen LogP contribution in [0.5, 0.6) is 0 Å². The van der Waals surface area contributed by atoms with Gasteiger partial charge in [-0.25, -0.2) is 9.78 Å². The molecule has 3 aromatic carbocycles. The second-order valence-electron chi connectivity index (χ2n) is 11.0. The standard InChI is InChI=1S/C35H39N5O2/c1-2-42-35(41)33-25-31-24-28(26-38-19-16-36-27-38)14-15-32(31)40(33)18-9-17-37-20-22-39(23-21-37)34(29-10-5-3-6-11-29)30-12-7-4-8-13-30/h3-8,10-16,19,24-25,27,34H,2,9,17-18,20-23,26H2,1H3. The fraction of sp³-hybridized carbons (Fsp3) is 0.314. The third-order valence-corrected chi connectivity index (χ3v) is 8.23. The zero-order chi connectivity index (χ0) is 28.7. The fourth-order valence-electron chi connectivity index (χ4n) is 6.21. The van der Waals surface area contributed by atoms with Gasteiger partial charge in [0.05, 0.1) is 19.0 Å². The van der Waals surface area contributed by atoms with E-state index in [2.05, 4.69) is 98.2 Å². The number of ether oxygens (including phenoxy) is 1. The first-order valence-electron chi connectivity index (χ1n) is 15.0. The number of carbonyl (C=O) groups excluding carboxylic acids is 1. The van der Waals surface area contributed by atoms with Gasteiger partial charge < -0.3 is 18.8 Å². The first-order valence-corrected chi connectivity index (χ1v) is 15.0. The summed E-state index contributed by atoms with van der Waals surface area (Å²) in [5.41, 5.74) is 5.57. The Hall–Kier alpha value is -4.20. The third kappa shape index (κ3) is 6.32. The summed E-state index contributed by atoms with van der Waals surface area (Å²) in [6, 6.07) is 30.4. The Kier molecular flexibility index (Phi) is 8.78. The van der Waals surface area contributed by atoms with Gasteiger partial charge in [0, 0.05) is 62.6 Å². The quantitative estimate of drug-likeness (QED) is 0.189. The Bertz CT molecular complexity index is 1530. The molecule has 3 heterocycles. The molecule has 0 aliphatic carbocycles. The molecule has 7 heteroatoms. The second kappa shape index (κ2) is 13.2. The minimum Gasteiger partial charge on any atom is -0.461 e. The Labute approximate surface area is 248 Å². The number of benzene rings is 3. The van der Waals surface area contributed by atoms with Gasteiger partial charge in [0.25, 0.3) is 0 Å². The molecule has 216 valence electrons. The number of aryl methyl sites for hydroxylation is 1. The van der Waals surface area contributed by atoms with Crippen LogP contribution < -0.4 is 0 Å². The van der Waals surface area contributed by atoms with Gasteiger partial charge in [0.15, 0.2) is 0 Å². The molecule has 1 fully saturated rings. The summed E-state index contributed by atoms with van der Waals surface area (Å²) in [6.45, 7) is 8.85. The Morgan fingerprint density at radius 1 is 0.881 bits per heavy atom. The summed E-state index contributed by atoms with van der Waals surface area (Å²) in [5, 5.41) is 1.07. The molecule has 0 spiro atoms. The molecule has 2 aromatic heterocycles. The van der Waals surface area contributed by atoms with Crippen LogP contribution in [0.3, 0.4) is 0 Å². The zero-order valence-electron chi connectivity index (χ0n) is 24.3. The Morgan fingerprint density at radius 3 is 2.24 bits per heavy atom. The van der Waals surface area contributed by atoms with Crippen molar-refractivity contribution in [1.82, 2.24) is 23.9 Å². The second-order valence-corrected chi connectivity index (χ2v) is 11.0. The van der Waals surface area contributed by atoms with Crippen LogP contribution in [0.4, 0.5) is 0 Å². The van der Waals surface area contributed by atoms with Gasteiger partial charge in [0.1, 0.15) is 5.69 Å². The molecule has 0 atom stereocenters. The largest absolute Gasteiger partial charge is 0.461 e. The molecule has 1 aliphatic heterocycles. The number of carbonyl (C=O) groups is 1. The number of esters is 1. The highest BCUT2D eigenvalue weighted by molar-refractivity contribution is 5.95. The fourth-order valence-corrected chi connectivity index (χ4v) is 6.21. The van der Waals surface area contributed by atoms with Crippen molar-refractivity contribution in [3.8, 4) is 0 Å². The van der Waals surface area contributed by atoms with Gasteiger partial charge in [-0.05, 0) is 54.8 Å². The molecule has 7 nitrogen and oxygen atoms in total. The maximum absolute atomic E-state index is 12.9. The Morgan fingerprint density at radius 2 is 1.60 bits per heavy atom. The van der Waals surface area contributed by atoms with E-state index in [0.29, 0.717) is 12.3 Å². The number of aromatic nitrogens is 3. The van der Waals surface area contributed by atoms with E-state index < -0.39 is 0 Å². The SMILES string of the molecule is CCOC(=O)c1cc2cc(Cn3ccnc3)ccc2n1CCCN1CCN(C(c2ccccc2)c2ccccc2)CC1. The third-order valence-electron chi connectivity index (χ3n) is 8.23. The van der Waals surface area contributed by atoms with Crippen molar-refractivity contribution in [3.63, 3.8) is 0 Å². The van der Waals surface area contributed by atoms with Gasteiger partial charge in [-0.2, -0.15) is 0 Å². The number of hydrogen-bond donors (Lipinski definition) is 0. The van der Waals surface area contributed by atoms with Crippen molar-refractivity contribution in [2.75, 3.05) is 39.3 Å². The smallest absolute Gasteiger partial charge is 0.354 e. The van der Waals surface area contributed by atoms with E-state index in [1.807, 2.05) is 30.1 Å². The molecule has 1 aliphatic rings. The molecule has 5 aromatic rings. The van der Waals surface area contributed by atoms with E-state index in [0.717, 1.165) is 63.1 Å². The minimum absolute atomic E-state index is 0.258. The number of hydrogen-bond acceptors (Lipinski definition) is 5. The Balaban J connectivity index is 1.11. The van der Waals surface area contributed by atoms with Crippen LogP contribution in [-0.4, -0.2) is 69.2 Å². The molecule has 6 rings (SSSR count). The van der Waals surface area contributed by atoms with Gasteiger partial charge in [-0.1, -0.05) is 66.7 Å². The molecule has 0 saturated carbocycles. The average Bonchev–Trinajstić information content (AvgIpc) is 3.67. The van der Waals surface area contributed by atoms with Crippen LogP contribution in [0.2, 0.25) is 0 Å². The van der Waals surface area contributed by atoms with Gasteiger partial charge in [-0.3, -0.25) is 4.90 Å². The van der Waals surface area contributed by atoms with Crippen LogP contribution in [-0.2, 0) is 17.8 Å². The van der Waals surface area contributed by atoms with E-state index in [1.165, 1.54) is 16.7 Å². The minimum atomic E-state index is -0.258. The topological polar surface area (TPSA) is 55.5 Å². The lowest BCUT2D eigenvalue weighted by Gasteiger charge is -2.40. The van der Waals surface area contributed by atoms with Gasteiger partial charge in [0.2, 0.25) is 0 Å². The number of fused-ring (bicyclic) bond motifs is 1. The number of piperazine rings is 1. The van der Waals surface area contributed by atoms with E-state index in [9.17, 15) is 4.79 Å². The van der Waals surface area contributed by atoms with Crippen molar-refractivity contribution in [3.05, 3.63) is 126 Å². The van der Waals surface area contributed by atoms with Gasteiger partial charge in [-0.15, -0.1) is 0 Å². The molecular formula is C35H39N5O2. The average molecular weight is 562 g/mol. The highest BCUT2D eigenvalue weighted by Gasteiger charge is 2.26. The molecule has 0 radical (unpaired) electrons. The summed E-state index contributed by atoms with van der Waals surface area (Å²) in [5.74, 6) is -0.258. The number of rotatable bonds is 11. The lowest BCUT2D eigenvalue weighted by Crippen LogP contribution is -2.48. The predicted octanol–water partition coefficient (Wildman–Crippen LogP) is 5.86.